The van der Waals surface area contributed by atoms with Crippen molar-refractivity contribution in [3.05, 3.63) is 0 Å². The fourth-order valence-electron chi connectivity index (χ4n) is 4.80. The summed E-state index contributed by atoms with van der Waals surface area (Å²) in [5.74, 6) is 0.798. The lowest BCUT2D eigenvalue weighted by molar-refractivity contribution is -0.133. The van der Waals surface area contributed by atoms with Gasteiger partial charge in [0, 0.05) is 37.5 Å². The van der Waals surface area contributed by atoms with Crippen molar-refractivity contribution in [3.8, 4) is 0 Å². The molecule has 142 valence electrons. The van der Waals surface area contributed by atoms with Crippen molar-refractivity contribution in [1.82, 2.24) is 15.1 Å². The van der Waals surface area contributed by atoms with Gasteiger partial charge in [0.15, 0.2) is 0 Å². The third kappa shape index (κ3) is 4.96. The van der Waals surface area contributed by atoms with Gasteiger partial charge in [-0.05, 0) is 51.6 Å². The molecule has 0 aromatic heterocycles. The van der Waals surface area contributed by atoms with Gasteiger partial charge in [0.05, 0.1) is 0 Å². The van der Waals surface area contributed by atoms with Crippen molar-refractivity contribution in [3.63, 3.8) is 0 Å². The topological polar surface area (TPSA) is 52.7 Å². The van der Waals surface area contributed by atoms with Crippen LogP contribution in [0.5, 0.6) is 0 Å². The van der Waals surface area contributed by atoms with Gasteiger partial charge >= 0.3 is 0 Å². The largest absolute Gasteiger partial charge is 0.353 e. The van der Waals surface area contributed by atoms with Gasteiger partial charge in [0.2, 0.25) is 11.8 Å². The first-order valence-electron chi connectivity index (χ1n) is 10.5. The van der Waals surface area contributed by atoms with Gasteiger partial charge in [-0.1, -0.05) is 26.2 Å². The molecule has 0 aromatic carbocycles. The van der Waals surface area contributed by atoms with Crippen LogP contribution in [0.3, 0.4) is 0 Å². The summed E-state index contributed by atoms with van der Waals surface area (Å²) in [7, 11) is 0. The van der Waals surface area contributed by atoms with Crippen molar-refractivity contribution in [2.75, 3.05) is 26.2 Å². The molecule has 3 fully saturated rings. The zero-order valence-corrected chi connectivity index (χ0v) is 15.8. The van der Waals surface area contributed by atoms with Crippen molar-refractivity contribution < 1.29 is 9.59 Å². The van der Waals surface area contributed by atoms with Gasteiger partial charge in [-0.25, -0.2) is 0 Å². The maximum atomic E-state index is 12.5. The molecule has 0 aromatic rings. The second kappa shape index (κ2) is 9.02. The Balaban J connectivity index is 1.38. The first-order chi connectivity index (χ1) is 12.2. The van der Waals surface area contributed by atoms with E-state index in [1.807, 2.05) is 11.8 Å². The summed E-state index contributed by atoms with van der Waals surface area (Å²) in [5, 5.41) is 3.31. The number of hydrogen-bond donors (Lipinski definition) is 1. The van der Waals surface area contributed by atoms with E-state index in [0.29, 0.717) is 24.4 Å². The van der Waals surface area contributed by atoms with E-state index in [1.54, 1.807) is 0 Å². The summed E-state index contributed by atoms with van der Waals surface area (Å²) in [6, 6.07) is 1.03. The van der Waals surface area contributed by atoms with Crippen LogP contribution in [0.15, 0.2) is 0 Å². The van der Waals surface area contributed by atoms with E-state index in [1.165, 1.54) is 32.1 Å². The number of carbonyl (C=O) groups is 2. The molecule has 2 amide bonds. The average Bonchev–Trinajstić information content (AvgIpc) is 2.68. The van der Waals surface area contributed by atoms with Crippen molar-refractivity contribution in [2.24, 2.45) is 5.92 Å². The smallest absolute Gasteiger partial charge is 0.223 e. The Kier molecular flexibility index (Phi) is 6.74. The number of likely N-dealkylation sites (tertiary alicyclic amines) is 2. The maximum absolute atomic E-state index is 12.5. The summed E-state index contributed by atoms with van der Waals surface area (Å²) in [6.07, 6.45) is 11.0. The van der Waals surface area contributed by atoms with E-state index < -0.39 is 0 Å². The Hall–Kier alpha value is -1.10. The highest BCUT2D eigenvalue weighted by atomic mass is 16.2. The van der Waals surface area contributed by atoms with E-state index in [2.05, 4.69) is 10.2 Å². The van der Waals surface area contributed by atoms with E-state index in [0.717, 1.165) is 51.9 Å². The Labute approximate surface area is 152 Å². The lowest BCUT2D eigenvalue weighted by Crippen LogP contribution is -2.50. The first kappa shape index (κ1) is 18.7. The van der Waals surface area contributed by atoms with Crippen molar-refractivity contribution >= 4 is 11.8 Å². The zero-order valence-electron chi connectivity index (χ0n) is 15.8. The van der Waals surface area contributed by atoms with E-state index in [4.69, 9.17) is 0 Å². The van der Waals surface area contributed by atoms with Crippen molar-refractivity contribution in [2.45, 2.75) is 83.2 Å². The molecular weight excluding hydrogens is 314 g/mol. The van der Waals surface area contributed by atoms with Gasteiger partial charge in [0.1, 0.15) is 0 Å². The fraction of sp³-hybridized carbons (Fsp3) is 0.900. The highest BCUT2D eigenvalue weighted by Crippen LogP contribution is 2.25. The highest BCUT2D eigenvalue weighted by molar-refractivity contribution is 5.79. The lowest BCUT2D eigenvalue weighted by atomic mass is 9.91. The number of nitrogens with one attached hydrogen (secondary N) is 1. The highest BCUT2D eigenvalue weighted by Gasteiger charge is 2.32. The van der Waals surface area contributed by atoms with E-state index >= 15 is 0 Å². The second-order valence-corrected chi connectivity index (χ2v) is 8.12. The molecule has 0 unspecified atom stereocenters. The molecule has 2 aliphatic heterocycles. The molecule has 1 N–H and O–H groups in total. The lowest BCUT2D eigenvalue weighted by Gasteiger charge is -2.41. The van der Waals surface area contributed by atoms with Crippen LogP contribution in [-0.4, -0.2) is 59.9 Å². The molecule has 3 rings (SSSR count). The quantitative estimate of drug-likeness (QED) is 0.849. The second-order valence-electron chi connectivity index (χ2n) is 8.12. The Morgan fingerprint density at radius 1 is 0.880 bits per heavy atom. The molecule has 0 atom stereocenters. The van der Waals surface area contributed by atoms with E-state index in [9.17, 15) is 9.59 Å². The van der Waals surface area contributed by atoms with Crippen LogP contribution in [0.4, 0.5) is 0 Å². The molecule has 1 aliphatic carbocycles. The van der Waals surface area contributed by atoms with Crippen LogP contribution >= 0.6 is 0 Å². The fourth-order valence-corrected chi connectivity index (χ4v) is 4.80. The van der Waals surface area contributed by atoms with Crippen LogP contribution in [0.25, 0.3) is 0 Å². The summed E-state index contributed by atoms with van der Waals surface area (Å²) in [5.41, 5.74) is 0. The number of amides is 2. The van der Waals surface area contributed by atoms with Crippen LogP contribution < -0.4 is 5.32 Å². The Morgan fingerprint density at radius 3 is 2.12 bits per heavy atom. The summed E-state index contributed by atoms with van der Waals surface area (Å²) in [6.45, 7) is 5.82. The normalized spacial score (nSPS) is 25.1. The third-order valence-corrected chi connectivity index (χ3v) is 6.49. The van der Waals surface area contributed by atoms with Gasteiger partial charge < -0.3 is 15.1 Å². The molecule has 25 heavy (non-hydrogen) atoms. The molecule has 1 saturated carbocycles. The number of piperidine rings is 2. The Morgan fingerprint density at radius 2 is 1.52 bits per heavy atom. The maximum Gasteiger partial charge on any atom is 0.223 e. The van der Waals surface area contributed by atoms with Gasteiger partial charge in [-0.15, -0.1) is 0 Å². The van der Waals surface area contributed by atoms with E-state index in [-0.39, 0.29) is 11.8 Å². The molecule has 2 saturated heterocycles. The standard InChI is InChI=1S/C20H35N3O2/c1-2-19(24)23-14-10-18(11-15-23)22-12-8-16(9-13-22)20(25)21-17-6-4-3-5-7-17/h16-18H,2-15H2,1H3,(H,21,25). The van der Waals surface area contributed by atoms with Crippen LogP contribution in [-0.2, 0) is 9.59 Å². The summed E-state index contributed by atoms with van der Waals surface area (Å²) < 4.78 is 0. The molecule has 3 aliphatic rings. The third-order valence-electron chi connectivity index (χ3n) is 6.49. The first-order valence-corrected chi connectivity index (χ1v) is 10.5. The number of hydrogen-bond acceptors (Lipinski definition) is 3. The predicted octanol–water partition coefficient (Wildman–Crippen LogP) is 2.55. The molecule has 0 bridgehead atoms. The summed E-state index contributed by atoms with van der Waals surface area (Å²) in [4.78, 5) is 28.9. The Bertz CT molecular complexity index is 446. The minimum Gasteiger partial charge on any atom is -0.353 e. The monoisotopic (exact) mass is 349 g/mol. The number of nitrogens with zero attached hydrogens (tertiary/aromatic N) is 2. The van der Waals surface area contributed by atoms with Gasteiger partial charge in [-0.2, -0.15) is 0 Å². The molecule has 0 radical (unpaired) electrons. The van der Waals surface area contributed by atoms with Gasteiger partial charge in [-0.3, -0.25) is 9.59 Å². The van der Waals surface area contributed by atoms with Crippen LogP contribution in [0, 0.1) is 5.92 Å². The molecule has 5 nitrogen and oxygen atoms in total. The van der Waals surface area contributed by atoms with Crippen molar-refractivity contribution in [1.29, 1.82) is 0 Å². The molecular formula is C20H35N3O2. The average molecular weight is 350 g/mol. The minimum absolute atomic E-state index is 0.208. The number of rotatable bonds is 4. The zero-order chi connectivity index (χ0) is 17.6. The van der Waals surface area contributed by atoms with Crippen LogP contribution in [0.1, 0.15) is 71.1 Å². The molecule has 5 heteroatoms. The van der Waals surface area contributed by atoms with Crippen LogP contribution in [0.2, 0.25) is 0 Å². The SMILES string of the molecule is CCC(=O)N1CCC(N2CCC(C(=O)NC3CCCCC3)CC2)CC1. The molecule has 0 spiro atoms. The number of carbonyl (C=O) groups excluding carboxylic acids is 2. The molecule has 2 heterocycles. The predicted molar refractivity (Wildman–Crippen MR) is 99.2 cm³/mol. The minimum atomic E-state index is 0.208. The summed E-state index contributed by atoms with van der Waals surface area (Å²) >= 11 is 0. The van der Waals surface area contributed by atoms with Gasteiger partial charge in [0.25, 0.3) is 0 Å².